The molecule has 14 atom stereocenters. The van der Waals surface area contributed by atoms with Gasteiger partial charge in [-0.15, -0.1) is 0 Å². The Kier molecular flexibility index (Phi) is 51.3. The van der Waals surface area contributed by atoms with Crippen LogP contribution in [0.15, 0.2) is 110 Å². The monoisotopic (exact) mass is 1930 g/mol. The SMILES string of the molecule is C=C1CNC(=O)/C(=C/C)NC(=O)[C@H]2CSSCC/C=C/C(CC(=O)C[C@H](C(C)C)C(=O)N2)O1.C=C1CNC(=O)CNC(=O)[C@H]2CSSCC/C=C/C(CC(=O)C[C@H](C(C)C)C(=O)N2)O1.C=C1CNC(=O)[C@@H](C)NC(=O)[C@H]2CSSCC/C=C/C(CC(=O)C[C@H](C(C)C)C(=O)N2)O1.C=C1CNC(=O)[C@H](C)NC(=O)[C@H]2CSSCC/C=C/C(CC(=O)C[C@H](C(C)C)C(=O)N2)O1. The molecule has 32 nitrogen and oxygen atoms in total. The highest BCUT2D eigenvalue weighted by Crippen LogP contribution is 2.31. The van der Waals surface area contributed by atoms with Gasteiger partial charge in [-0.25, -0.2) is 0 Å². The molecule has 0 aromatic heterocycles. The highest BCUT2D eigenvalue weighted by atomic mass is 33.1. The lowest BCUT2D eigenvalue weighted by molar-refractivity contribution is -0.135. The summed E-state index contributed by atoms with van der Waals surface area (Å²) in [6, 6.07) is -4.87. The third-order valence-corrected chi connectivity index (χ3v) is 30.4. The maximum absolute atomic E-state index is 13.1. The van der Waals surface area contributed by atoms with E-state index >= 15 is 0 Å². The number of fused-ring (bicyclic) bond motifs is 28. The Morgan fingerprint density at radius 2 is 0.586 bits per heavy atom. The van der Waals surface area contributed by atoms with E-state index < -0.39 is 132 Å². The molecule has 710 valence electrons. The van der Waals surface area contributed by atoms with Gasteiger partial charge in [0.1, 0.15) is 113 Å². The van der Waals surface area contributed by atoms with Crippen LogP contribution in [-0.2, 0) is 95.7 Å². The summed E-state index contributed by atoms with van der Waals surface area (Å²) < 4.78 is 23.4. The van der Waals surface area contributed by atoms with Crippen molar-refractivity contribution in [3.8, 4) is 0 Å². The van der Waals surface area contributed by atoms with Crippen molar-refractivity contribution in [1.82, 2.24) is 63.8 Å². The third-order valence-electron chi connectivity index (χ3n) is 20.6. The summed E-state index contributed by atoms with van der Waals surface area (Å²) in [5.74, 6) is -2.08. The molecule has 12 amide bonds. The molecule has 4 unspecified atom stereocenters. The van der Waals surface area contributed by atoms with Crippen molar-refractivity contribution in [2.45, 2.75) is 214 Å². The molecule has 8 aliphatic rings. The van der Waals surface area contributed by atoms with Crippen LogP contribution in [0.3, 0.4) is 0 Å². The fourth-order valence-corrected chi connectivity index (χ4v) is 21.7. The normalized spacial score (nSPS) is 29.7. The van der Waals surface area contributed by atoms with E-state index in [1.807, 2.05) is 104 Å². The molecule has 8 bridgehead atoms. The topological polar surface area (TPSA) is 454 Å². The molecule has 12 N–H and O–H groups in total. The van der Waals surface area contributed by atoms with Gasteiger partial charge in [0.2, 0.25) is 65.0 Å². The predicted octanol–water partition coefficient (Wildman–Crippen LogP) is 8.00. The molecule has 0 aromatic rings. The molecular formula is C88H130N12O20S8. The number of carbonyl (C=O) groups excluding carboxylic acids is 16. The molecule has 8 aliphatic heterocycles. The molecule has 8 rings (SSSR count). The zero-order valence-corrected chi connectivity index (χ0v) is 81.6. The summed E-state index contributed by atoms with van der Waals surface area (Å²) >= 11 is 0. The summed E-state index contributed by atoms with van der Waals surface area (Å²) in [5.41, 5.74) is 0.0770. The average Bonchev–Trinajstić information content (AvgIpc) is 1.00. The van der Waals surface area contributed by atoms with Crippen LogP contribution in [-0.4, -0.2) is 233 Å². The fourth-order valence-electron chi connectivity index (χ4n) is 13.1. The molecule has 4 saturated heterocycles. The Morgan fingerprint density at radius 1 is 0.320 bits per heavy atom. The Balaban J connectivity index is 0.000000303. The number of nitrogens with one attached hydrogen (secondary N) is 12. The van der Waals surface area contributed by atoms with Crippen molar-refractivity contribution in [3.05, 3.63) is 110 Å². The minimum Gasteiger partial charge on any atom is -0.489 e. The van der Waals surface area contributed by atoms with E-state index in [9.17, 15) is 76.7 Å². The van der Waals surface area contributed by atoms with Crippen LogP contribution in [0.1, 0.15) is 153 Å². The van der Waals surface area contributed by atoms with Gasteiger partial charge in [0.05, 0.1) is 32.7 Å². The molecule has 0 saturated carbocycles. The van der Waals surface area contributed by atoms with E-state index in [0.717, 1.165) is 48.7 Å². The molecule has 40 heteroatoms. The number of hydrogen-bond donors (Lipinski definition) is 12. The highest BCUT2D eigenvalue weighted by molar-refractivity contribution is 8.77. The molecule has 0 aliphatic carbocycles. The van der Waals surface area contributed by atoms with Crippen LogP contribution >= 0.6 is 86.4 Å². The van der Waals surface area contributed by atoms with Crippen molar-refractivity contribution in [1.29, 1.82) is 0 Å². The number of amides is 12. The molecular weight excluding hydrogens is 1800 g/mol. The lowest BCUT2D eigenvalue weighted by Gasteiger charge is -2.26. The summed E-state index contributed by atoms with van der Waals surface area (Å²) in [6.07, 6.45) is 18.3. The number of Topliss-reactive ketones (excluding diaryl/α,β-unsaturated/α-hetero) is 4. The van der Waals surface area contributed by atoms with Crippen LogP contribution < -0.4 is 63.8 Å². The number of hydrogen-bond acceptors (Lipinski definition) is 28. The van der Waals surface area contributed by atoms with Crippen molar-refractivity contribution < 1.29 is 95.7 Å². The smallest absolute Gasteiger partial charge is 0.267 e. The van der Waals surface area contributed by atoms with Gasteiger partial charge in [0.25, 0.3) is 5.91 Å². The van der Waals surface area contributed by atoms with Gasteiger partial charge in [-0.2, -0.15) is 0 Å². The van der Waals surface area contributed by atoms with Crippen LogP contribution in [0.4, 0.5) is 0 Å². The summed E-state index contributed by atoms with van der Waals surface area (Å²) in [5, 5.41) is 32.4. The minimum absolute atomic E-state index is 0.0328. The number of ketones is 4. The maximum atomic E-state index is 13.1. The van der Waals surface area contributed by atoms with Crippen LogP contribution in [0.2, 0.25) is 0 Å². The van der Waals surface area contributed by atoms with Crippen molar-refractivity contribution in [3.63, 3.8) is 0 Å². The average molecular weight is 1930 g/mol. The standard InChI is InChI=1S/C23H33N3O5S2.2C22H33N3O5S2.C21H31N3O5S2/c1-5-19-22(29)24-12-15(4)31-17-8-6-7-9-32-33-13-20(23(30)25-19)26-21(28)18(14(2)3)11-16(27)10-17;2*1-13(2)18-10-16(26)9-17-7-5-6-8-31-32-12-19(25-21(18)28)22(29)24-15(4)20(27)23-11-14(3)30-17;1-13(2)17-9-15(25)8-16-6-4-5-7-30-31-12-18(24-20(17)27)21(28)23-11-19(26)22-10-14(3)29-16/h5-6,8,14,17-18,20H,4,7,9-13H2,1-3H3,(H,24,29)(H,25,30)(H,26,28);2*5,7,13,15,17-19H,3,6,8-12H2,1-2,4H3,(H,23,27)(H,24,29)(H,25,28);4,6,13,16-18H,3,5,7-12H2,1-2H3,(H,22,26)(H,23,28)(H,24,27)/b8-6+,19-5-;2*7-5+;6-4+/t17?,18-,20-;15-,17?,18+,19+;15-,17?,18-,19-;16?,17-,18-/m1011/s1. The van der Waals surface area contributed by atoms with Gasteiger partial charge in [-0.3, -0.25) is 76.7 Å². The molecule has 128 heavy (non-hydrogen) atoms. The van der Waals surface area contributed by atoms with Gasteiger partial charge in [0.15, 0.2) is 0 Å². The summed E-state index contributed by atoms with van der Waals surface area (Å²) in [4.78, 5) is 204. The lowest BCUT2D eigenvalue weighted by atomic mass is 9.88. The first kappa shape index (κ1) is 110. The first-order valence-corrected chi connectivity index (χ1v) is 53.0. The first-order valence-electron chi connectivity index (χ1n) is 43.1. The third kappa shape index (κ3) is 42.5. The van der Waals surface area contributed by atoms with E-state index in [1.165, 1.54) is 49.3 Å². The van der Waals surface area contributed by atoms with E-state index in [1.54, 1.807) is 63.9 Å². The number of carbonyl (C=O) groups is 16. The minimum atomic E-state index is -0.853. The van der Waals surface area contributed by atoms with Gasteiger partial charge < -0.3 is 82.7 Å². The van der Waals surface area contributed by atoms with Crippen LogP contribution in [0, 0.1) is 47.3 Å². The zero-order valence-electron chi connectivity index (χ0n) is 75.0. The van der Waals surface area contributed by atoms with E-state index in [4.69, 9.17) is 18.9 Å². The van der Waals surface area contributed by atoms with Gasteiger partial charge in [-0.1, -0.05) is 198 Å². The molecule has 8 heterocycles. The Hall–Kier alpha value is -8.02. The molecule has 0 aromatic carbocycles. The Morgan fingerprint density at radius 3 is 0.875 bits per heavy atom. The van der Waals surface area contributed by atoms with Gasteiger partial charge in [0, 0.05) is 121 Å². The lowest BCUT2D eigenvalue weighted by Crippen LogP contribution is -2.55. The summed E-state index contributed by atoms with van der Waals surface area (Å²) in [7, 11) is 12.3. The Bertz CT molecular complexity index is 3940. The quantitative estimate of drug-likeness (QED) is 0.0720. The largest absolute Gasteiger partial charge is 0.489 e. The first-order chi connectivity index (χ1) is 60.8. The van der Waals surface area contributed by atoms with Crippen molar-refractivity contribution in [2.24, 2.45) is 47.3 Å². The van der Waals surface area contributed by atoms with Gasteiger partial charge in [-0.05, 0) is 94.4 Å². The number of allylic oxidation sites excluding steroid dienone is 5. The number of rotatable bonds is 4. The van der Waals surface area contributed by atoms with E-state index in [-0.39, 0.29) is 160 Å². The Labute approximate surface area is 783 Å². The van der Waals surface area contributed by atoms with Crippen molar-refractivity contribution >= 4 is 180 Å². The second-order valence-electron chi connectivity index (χ2n) is 32.8. The molecule has 4 fully saturated rings. The zero-order chi connectivity index (χ0) is 94.5. The van der Waals surface area contributed by atoms with Gasteiger partial charge >= 0.3 is 0 Å². The number of ether oxygens (including phenoxy) is 4. The predicted molar refractivity (Wildman–Crippen MR) is 511 cm³/mol. The summed E-state index contributed by atoms with van der Waals surface area (Å²) in [6.45, 7) is 35.2. The maximum Gasteiger partial charge on any atom is 0.267 e. The highest BCUT2D eigenvalue weighted by Gasteiger charge is 2.38. The molecule has 0 spiro atoms. The van der Waals surface area contributed by atoms with Crippen LogP contribution in [0.25, 0.3) is 0 Å². The van der Waals surface area contributed by atoms with Crippen molar-refractivity contribution in [2.75, 3.05) is 78.7 Å². The molecule has 0 radical (unpaired) electrons. The second kappa shape index (κ2) is 59.4. The van der Waals surface area contributed by atoms with E-state index in [2.05, 4.69) is 90.1 Å². The van der Waals surface area contributed by atoms with Crippen LogP contribution in [0.5, 0.6) is 0 Å². The fraction of sp³-hybridized carbons (Fsp3) is 0.614. The second-order valence-corrected chi connectivity index (χ2v) is 43.3. The van der Waals surface area contributed by atoms with E-state index in [0.29, 0.717) is 46.0 Å².